The molecule has 0 amide bonds. The fraction of sp³-hybridized carbons (Fsp3) is 0.526. The van der Waals surface area contributed by atoms with Crippen molar-refractivity contribution in [3.8, 4) is 0 Å². The van der Waals surface area contributed by atoms with Gasteiger partial charge in [0, 0.05) is 28.5 Å². The van der Waals surface area contributed by atoms with E-state index in [4.69, 9.17) is 9.90 Å². The lowest BCUT2D eigenvalue weighted by Crippen LogP contribution is -2.29. The van der Waals surface area contributed by atoms with Crippen molar-refractivity contribution < 1.29 is 28.2 Å². The molecule has 172 valence electrons. The molecule has 31 heavy (non-hydrogen) atoms. The fourth-order valence-electron chi connectivity index (χ4n) is 3.06. The van der Waals surface area contributed by atoms with E-state index < -0.39 is 12.1 Å². The van der Waals surface area contributed by atoms with Gasteiger partial charge in [0.15, 0.2) is 0 Å². The number of aromatic nitrogens is 2. The normalized spacial score (nSPS) is 17.9. The van der Waals surface area contributed by atoms with Gasteiger partial charge < -0.3 is 20.4 Å². The number of carboxylic acids is 1. The van der Waals surface area contributed by atoms with Gasteiger partial charge in [0.1, 0.15) is 18.0 Å². The summed E-state index contributed by atoms with van der Waals surface area (Å²) in [5, 5.41) is 22.0. The average Bonchev–Trinajstić information content (AvgIpc) is 3.05. The Balaban J connectivity index is 0.000000423. The van der Waals surface area contributed by atoms with Crippen LogP contribution >= 0.6 is 27.3 Å². The molecule has 1 aliphatic rings. The Kier molecular flexibility index (Phi) is 9.07. The van der Waals surface area contributed by atoms with E-state index in [9.17, 15) is 18.3 Å². The van der Waals surface area contributed by atoms with Crippen LogP contribution in [0, 0.1) is 12.8 Å². The number of nitrogens with zero attached hydrogens (tertiary/aromatic N) is 3. The molecule has 0 aliphatic heterocycles. The van der Waals surface area contributed by atoms with Gasteiger partial charge in [-0.05, 0) is 59.5 Å². The number of aliphatic carboxylic acids is 1. The minimum atomic E-state index is -5.08. The van der Waals surface area contributed by atoms with E-state index in [0.29, 0.717) is 5.92 Å². The number of aliphatic hydroxyl groups is 1. The van der Waals surface area contributed by atoms with Crippen LogP contribution in [0.5, 0.6) is 0 Å². The molecule has 12 heteroatoms. The molecule has 0 atom stereocenters. The number of carboxylic acid groups (broad SMARTS) is 1. The van der Waals surface area contributed by atoms with Gasteiger partial charge in [-0.25, -0.2) is 14.8 Å². The number of halogens is 4. The van der Waals surface area contributed by atoms with Gasteiger partial charge in [-0.3, -0.25) is 0 Å². The minimum Gasteiger partial charge on any atom is -0.475 e. The Labute approximate surface area is 190 Å². The number of alkyl halides is 3. The third-order valence-electron chi connectivity index (χ3n) is 4.79. The number of anilines is 2. The lowest BCUT2D eigenvalue weighted by atomic mass is 9.80. The Bertz CT molecular complexity index is 875. The van der Waals surface area contributed by atoms with Crippen molar-refractivity contribution in [1.29, 1.82) is 0 Å². The summed E-state index contributed by atoms with van der Waals surface area (Å²) in [5.41, 5.74) is 1.07. The highest BCUT2D eigenvalue weighted by molar-refractivity contribution is 9.10. The summed E-state index contributed by atoms with van der Waals surface area (Å²) in [7, 11) is 2.06. The molecule has 2 heterocycles. The first-order valence-corrected chi connectivity index (χ1v) is 11.1. The van der Waals surface area contributed by atoms with E-state index in [1.165, 1.54) is 4.88 Å². The van der Waals surface area contributed by atoms with Crippen molar-refractivity contribution in [3.05, 3.63) is 32.7 Å². The van der Waals surface area contributed by atoms with Crippen LogP contribution in [0.15, 0.2) is 22.2 Å². The maximum atomic E-state index is 10.6. The molecule has 2 aromatic heterocycles. The van der Waals surface area contributed by atoms with Gasteiger partial charge in [0.05, 0.1) is 12.6 Å². The summed E-state index contributed by atoms with van der Waals surface area (Å²) in [4.78, 5) is 21.2. The summed E-state index contributed by atoms with van der Waals surface area (Å²) in [6, 6.07) is 2.07. The van der Waals surface area contributed by atoms with Gasteiger partial charge in [-0.1, -0.05) is 0 Å². The highest BCUT2D eigenvalue weighted by atomic mass is 79.9. The van der Waals surface area contributed by atoms with Crippen molar-refractivity contribution in [2.45, 2.75) is 45.0 Å². The average molecular weight is 525 g/mol. The summed E-state index contributed by atoms with van der Waals surface area (Å²) in [5.74, 6) is -0.260. The highest BCUT2D eigenvalue weighted by Crippen LogP contribution is 2.31. The molecule has 0 unspecified atom stereocenters. The third kappa shape index (κ3) is 7.62. The highest BCUT2D eigenvalue weighted by Gasteiger charge is 2.38. The molecule has 1 fully saturated rings. The van der Waals surface area contributed by atoms with Crippen molar-refractivity contribution >= 4 is 44.9 Å². The first-order valence-electron chi connectivity index (χ1n) is 9.45. The van der Waals surface area contributed by atoms with E-state index in [2.05, 4.69) is 61.5 Å². The number of nitrogens with one attached hydrogen (secondary N) is 1. The van der Waals surface area contributed by atoms with E-state index in [1.54, 1.807) is 17.7 Å². The molecule has 2 aromatic rings. The Morgan fingerprint density at radius 1 is 1.39 bits per heavy atom. The maximum Gasteiger partial charge on any atom is 0.490 e. The van der Waals surface area contributed by atoms with E-state index >= 15 is 0 Å². The lowest BCUT2D eigenvalue weighted by Gasteiger charge is -2.31. The summed E-state index contributed by atoms with van der Waals surface area (Å²) < 4.78 is 32.9. The number of aliphatic hydroxyl groups excluding tert-OH is 1. The first-order chi connectivity index (χ1) is 14.5. The molecule has 0 bridgehead atoms. The van der Waals surface area contributed by atoms with E-state index in [0.717, 1.165) is 54.0 Å². The summed E-state index contributed by atoms with van der Waals surface area (Å²) >= 11 is 5.33. The topological polar surface area (TPSA) is 98.6 Å². The van der Waals surface area contributed by atoms with Crippen LogP contribution in [-0.4, -0.2) is 52.0 Å². The Morgan fingerprint density at radius 3 is 2.55 bits per heavy atom. The molecular formula is C19H24BrF3N4O3S. The largest absolute Gasteiger partial charge is 0.490 e. The molecule has 0 spiro atoms. The molecule has 0 radical (unpaired) electrons. The molecular weight excluding hydrogens is 501 g/mol. The summed E-state index contributed by atoms with van der Waals surface area (Å²) in [6.45, 7) is 3.76. The van der Waals surface area contributed by atoms with Crippen LogP contribution in [0.4, 0.5) is 24.8 Å². The van der Waals surface area contributed by atoms with Crippen LogP contribution in [-0.2, 0) is 11.3 Å². The minimum absolute atomic E-state index is 0.0763. The van der Waals surface area contributed by atoms with Gasteiger partial charge in [-0.2, -0.15) is 13.2 Å². The molecule has 1 aliphatic carbocycles. The SMILES string of the molecule is Cc1c(NCCC2CC(O)C2)ncnc1N(C)Cc1sccc1Br.O=C(O)C(F)(F)F. The zero-order valence-corrected chi connectivity index (χ0v) is 19.4. The van der Waals surface area contributed by atoms with E-state index in [-0.39, 0.29) is 6.10 Å². The quantitative estimate of drug-likeness (QED) is 0.492. The standard InChI is InChI=1S/C17H23BrN4OS.C2HF3O2/c1-11-16(19-5-3-12-7-13(23)8-12)20-10-21-17(11)22(2)9-15-14(18)4-6-24-15;3-2(4,5)1(6)7/h4,6,10,12-13,23H,3,5,7-9H2,1-2H3,(H,19,20,21);(H,6,7). The van der Waals surface area contributed by atoms with Crippen LogP contribution in [0.2, 0.25) is 0 Å². The second-order valence-electron chi connectivity index (χ2n) is 7.23. The van der Waals surface area contributed by atoms with Gasteiger partial charge in [0.2, 0.25) is 0 Å². The predicted octanol–water partition coefficient (Wildman–Crippen LogP) is 4.45. The van der Waals surface area contributed by atoms with Crippen molar-refractivity contribution in [2.24, 2.45) is 5.92 Å². The van der Waals surface area contributed by atoms with Crippen LogP contribution < -0.4 is 10.2 Å². The van der Waals surface area contributed by atoms with E-state index in [1.807, 2.05) is 0 Å². The predicted molar refractivity (Wildman–Crippen MR) is 116 cm³/mol. The first kappa shape index (κ1) is 25.3. The monoisotopic (exact) mass is 524 g/mol. The fourth-order valence-corrected chi connectivity index (χ4v) is 4.59. The maximum absolute atomic E-state index is 10.6. The van der Waals surface area contributed by atoms with Gasteiger partial charge in [0.25, 0.3) is 0 Å². The smallest absolute Gasteiger partial charge is 0.475 e. The zero-order valence-electron chi connectivity index (χ0n) is 17.0. The molecule has 1 saturated carbocycles. The van der Waals surface area contributed by atoms with Gasteiger partial charge in [-0.15, -0.1) is 11.3 Å². The van der Waals surface area contributed by atoms with Crippen LogP contribution in [0.25, 0.3) is 0 Å². The lowest BCUT2D eigenvalue weighted by molar-refractivity contribution is -0.192. The number of rotatable bonds is 7. The Hall–Kier alpha value is -1.92. The molecule has 0 aromatic carbocycles. The molecule has 7 nitrogen and oxygen atoms in total. The third-order valence-corrected chi connectivity index (χ3v) is 6.70. The number of hydrogen-bond acceptors (Lipinski definition) is 7. The number of thiophene rings is 1. The van der Waals surface area contributed by atoms with Crippen LogP contribution in [0.3, 0.4) is 0 Å². The second kappa shape index (κ2) is 11.1. The van der Waals surface area contributed by atoms with Crippen molar-refractivity contribution in [2.75, 3.05) is 23.8 Å². The summed E-state index contributed by atoms with van der Waals surface area (Å²) in [6.07, 6.45) is -0.582. The molecule has 3 N–H and O–H groups in total. The second-order valence-corrected chi connectivity index (χ2v) is 9.08. The van der Waals surface area contributed by atoms with Crippen molar-refractivity contribution in [1.82, 2.24) is 9.97 Å². The van der Waals surface area contributed by atoms with Crippen LogP contribution in [0.1, 0.15) is 29.7 Å². The van der Waals surface area contributed by atoms with Gasteiger partial charge >= 0.3 is 12.1 Å². The Morgan fingerprint density at radius 2 is 2.03 bits per heavy atom. The zero-order chi connectivity index (χ0) is 23.2. The molecule has 3 rings (SSSR count). The molecule has 0 saturated heterocycles. The number of carbonyl (C=O) groups is 1. The van der Waals surface area contributed by atoms with Crippen molar-refractivity contribution in [3.63, 3.8) is 0 Å². The number of hydrogen-bond donors (Lipinski definition) is 3.